The van der Waals surface area contributed by atoms with Gasteiger partial charge in [-0.3, -0.25) is 0 Å². The van der Waals surface area contributed by atoms with Crippen LogP contribution < -0.4 is 0 Å². The van der Waals surface area contributed by atoms with Crippen molar-refractivity contribution in [3.8, 4) is 5.75 Å². The zero-order valence-corrected chi connectivity index (χ0v) is 13.0. The van der Waals surface area contributed by atoms with Crippen molar-refractivity contribution in [3.63, 3.8) is 0 Å². The monoisotopic (exact) mass is 336 g/mol. The molecule has 5 heteroatoms. The fourth-order valence-corrected chi connectivity index (χ4v) is 2.54. The van der Waals surface area contributed by atoms with E-state index in [2.05, 4.69) is 15.9 Å². The van der Waals surface area contributed by atoms with Crippen LogP contribution >= 0.6 is 15.9 Å². The zero-order chi connectivity index (χ0) is 14.5. The van der Waals surface area contributed by atoms with E-state index in [9.17, 15) is 10.1 Å². The first-order valence-electron chi connectivity index (χ1n) is 6.70. The van der Waals surface area contributed by atoms with Gasteiger partial charge in [0.2, 0.25) is 0 Å². The smallest absolute Gasteiger partial charge is 0.458 e. The van der Waals surface area contributed by atoms with E-state index in [1.807, 2.05) is 37.3 Å². The third-order valence-electron chi connectivity index (χ3n) is 3.23. The molecular formula is C15H18BBrO3. The van der Waals surface area contributed by atoms with Crippen molar-refractivity contribution in [2.45, 2.75) is 32.2 Å². The van der Waals surface area contributed by atoms with Gasteiger partial charge in [-0.15, -0.1) is 0 Å². The van der Waals surface area contributed by atoms with Crippen LogP contribution in [0.3, 0.4) is 0 Å². The lowest BCUT2D eigenvalue weighted by molar-refractivity contribution is 0.192. The molecule has 0 unspecified atom stereocenters. The Labute approximate surface area is 128 Å². The molecular weight excluding hydrogens is 319 g/mol. The molecule has 1 aliphatic rings. The molecule has 0 aromatic heterocycles. The average Bonchev–Trinajstić information content (AvgIpc) is 2.41. The minimum Gasteiger partial charge on any atom is -0.507 e. The molecule has 0 aliphatic carbocycles. The minimum absolute atomic E-state index is 0.0294. The van der Waals surface area contributed by atoms with Gasteiger partial charge in [0.25, 0.3) is 0 Å². The van der Waals surface area contributed by atoms with Crippen LogP contribution in [0, 0.1) is 0 Å². The summed E-state index contributed by atoms with van der Waals surface area (Å²) in [5, 5.41) is 19.2. The topological polar surface area (TPSA) is 49.7 Å². The van der Waals surface area contributed by atoms with Crippen LogP contribution in [-0.2, 0) is 4.65 Å². The van der Waals surface area contributed by atoms with Crippen LogP contribution in [0.15, 0.2) is 40.4 Å². The molecule has 1 aliphatic heterocycles. The Morgan fingerprint density at radius 1 is 1.55 bits per heavy atom. The van der Waals surface area contributed by atoms with Gasteiger partial charge in [-0.1, -0.05) is 39.7 Å². The molecule has 0 fully saturated rings. The summed E-state index contributed by atoms with van der Waals surface area (Å²) in [6, 6.07) is 5.37. The Bertz CT molecular complexity index is 528. The number of benzene rings is 1. The van der Waals surface area contributed by atoms with Crippen molar-refractivity contribution in [1.29, 1.82) is 0 Å². The number of allylic oxidation sites excluding steroid dienone is 2. The molecule has 1 aromatic carbocycles. The lowest BCUT2D eigenvalue weighted by Gasteiger charge is -2.20. The van der Waals surface area contributed by atoms with Crippen LogP contribution in [0.4, 0.5) is 0 Å². The number of halogens is 1. The molecule has 0 amide bonds. The van der Waals surface area contributed by atoms with Crippen molar-refractivity contribution in [3.05, 3.63) is 46.0 Å². The number of phenols is 1. The largest absolute Gasteiger partial charge is 0.507 e. The second-order valence-electron chi connectivity index (χ2n) is 5.03. The van der Waals surface area contributed by atoms with Crippen molar-refractivity contribution in [2.75, 3.05) is 0 Å². The third kappa shape index (κ3) is 4.51. The van der Waals surface area contributed by atoms with E-state index in [1.165, 1.54) is 0 Å². The molecule has 2 N–H and O–H groups in total. The van der Waals surface area contributed by atoms with Crippen molar-refractivity contribution in [2.24, 2.45) is 0 Å². The van der Waals surface area contributed by atoms with Gasteiger partial charge in [-0.2, -0.15) is 0 Å². The molecule has 0 spiro atoms. The van der Waals surface area contributed by atoms with Crippen LogP contribution in [-0.4, -0.2) is 23.4 Å². The summed E-state index contributed by atoms with van der Waals surface area (Å²) in [4.78, 5) is 0. The molecule has 0 radical (unpaired) electrons. The molecule has 1 aromatic rings. The summed E-state index contributed by atoms with van der Waals surface area (Å²) in [7, 11) is -0.677. The number of hydrogen-bond acceptors (Lipinski definition) is 3. The highest BCUT2D eigenvalue weighted by molar-refractivity contribution is 9.10. The normalized spacial score (nSPS) is 19.4. The fourth-order valence-electron chi connectivity index (χ4n) is 2.16. The van der Waals surface area contributed by atoms with Gasteiger partial charge in [0.1, 0.15) is 5.75 Å². The zero-order valence-electron chi connectivity index (χ0n) is 11.4. The van der Waals surface area contributed by atoms with Crippen LogP contribution in [0.25, 0.3) is 6.08 Å². The summed E-state index contributed by atoms with van der Waals surface area (Å²) in [6.45, 7) is 2.03. The maximum absolute atomic E-state index is 9.80. The Balaban J connectivity index is 1.95. The second-order valence-corrected chi connectivity index (χ2v) is 5.94. The molecule has 106 valence electrons. The van der Waals surface area contributed by atoms with Gasteiger partial charge in [0, 0.05) is 16.4 Å². The lowest BCUT2D eigenvalue weighted by atomic mass is 9.82. The quantitative estimate of drug-likeness (QED) is 0.650. The predicted octanol–water partition coefficient (Wildman–Crippen LogP) is 3.77. The summed E-state index contributed by atoms with van der Waals surface area (Å²) in [6.07, 6.45) is 8.14. The highest BCUT2D eigenvalue weighted by Crippen LogP contribution is 2.25. The lowest BCUT2D eigenvalue weighted by Crippen LogP contribution is -2.27. The maximum atomic E-state index is 9.80. The Hall–Kier alpha value is -1.04. The van der Waals surface area contributed by atoms with Crippen LogP contribution in [0.1, 0.15) is 25.3 Å². The average molecular weight is 337 g/mol. The molecule has 2 rings (SSSR count). The standard InChI is InChI=1S/C15H18BBrO3/c1-11(4-6-14-3-2-8-16(19)20-14)9-12-10-13(17)5-7-15(12)18/h2-3,5,7,9-10,14,18-19H,4,6,8H2,1H3/b11-9+/t14-/m0/s1. The number of phenolic OH excluding ortho intramolecular Hbond substituents is 1. The summed E-state index contributed by atoms with van der Waals surface area (Å²) in [5.41, 5.74) is 1.97. The Morgan fingerprint density at radius 2 is 2.35 bits per heavy atom. The second kappa shape index (κ2) is 7.11. The van der Waals surface area contributed by atoms with Crippen LogP contribution in [0.5, 0.6) is 5.75 Å². The third-order valence-corrected chi connectivity index (χ3v) is 3.73. The molecule has 0 saturated carbocycles. The molecule has 3 nitrogen and oxygen atoms in total. The summed E-state index contributed by atoms with van der Waals surface area (Å²) >= 11 is 3.40. The minimum atomic E-state index is -0.677. The van der Waals surface area contributed by atoms with E-state index in [4.69, 9.17) is 4.65 Å². The first-order valence-corrected chi connectivity index (χ1v) is 7.50. The van der Waals surface area contributed by atoms with E-state index in [0.29, 0.717) is 6.32 Å². The fraction of sp³-hybridized carbons (Fsp3) is 0.333. The van der Waals surface area contributed by atoms with Gasteiger partial charge in [0.15, 0.2) is 0 Å². The van der Waals surface area contributed by atoms with Gasteiger partial charge in [0.05, 0.1) is 6.10 Å². The maximum Gasteiger partial charge on any atom is 0.458 e. The van der Waals surface area contributed by atoms with E-state index in [0.717, 1.165) is 28.5 Å². The molecule has 0 saturated heterocycles. The Morgan fingerprint density at radius 3 is 3.10 bits per heavy atom. The number of rotatable bonds is 4. The van der Waals surface area contributed by atoms with Crippen molar-refractivity contribution >= 4 is 29.1 Å². The van der Waals surface area contributed by atoms with Gasteiger partial charge in [-0.05, 0) is 38.0 Å². The van der Waals surface area contributed by atoms with E-state index in [-0.39, 0.29) is 11.9 Å². The predicted molar refractivity (Wildman–Crippen MR) is 85.5 cm³/mol. The van der Waals surface area contributed by atoms with Gasteiger partial charge >= 0.3 is 7.12 Å². The molecule has 1 heterocycles. The van der Waals surface area contributed by atoms with E-state index < -0.39 is 7.12 Å². The van der Waals surface area contributed by atoms with E-state index >= 15 is 0 Å². The molecule has 0 bridgehead atoms. The Kier molecular flexibility index (Phi) is 5.46. The van der Waals surface area contributed by atoms with Crippen molar-refractivity contribution in [1.82, 2.24) is 0 Å². The first kappa shape index (κ1) is 15.4. The van der Waals surface area contributed by atoms with E-state index in [1.54, 1.807) is 6.07 Å². The highest BCUT2D eigenvalue weighted by atomic mass is 79.9. The first-order chi connectivity index (χ1) is 9.54. The molecule has 1 atom stereocenters. The molecule has 20 heavy (non-hydrogen) atoms. The van der Waals surface area contributed by atoms with Gasteiger partial charge in [-0.25, -0.2) is 0 Å². The highest BCUT2D eigenvalue weighted by Gasteiger charge is 2.20. The summed E-state index contributed by atoms with van der Waals surface area (Å²) < 4.78 is 6.36. The van der Waals surface area contributed by atoms with Crippen LogP contribution in [0.2, 0.25) is 6.32 Å². The summed E-state index contributed by atoms with van der Waals surface area (Å²) in [5.74, 6) is 0.275. The van der Waals surface area contributed by atoms with Gasteiger partial charge < -0.3 is 14.8 Å². The number of hydrogen-bond donors (Lipinski definition) is 2. The van der Waals surface area contributed by atoms with Crippen molar-refractivity contribution < 1.29 is 14.8 Å². The SMILES string of the molecule is C/C(=C\c1cc(Br)ccc1O)CC[C@@H]1C=CCB(O)O1. The number of aromatic hydroxyl groups is 1.